The molecule has 0 aromatic carbocycles. The second-order valence-corrected chi connectivity index (χ2v) is 5.51. The van der Waals surface area contributed by atoms with Crippen molar-refractivity contribution in [3.8, 4) is 0 Å². The van der Waals surface area contributed by atoms with Gasteiger partial charge in [-0.15, -0.1) is 0 Å². The molecule has 84 valence electrons. The minimum Gasteiger partial charge on any atom is -0.330 e. The summed E-state index contributed by atoms with van der Waals surface area (Å²) in [5.74, 6) is 1.56. The molecule has 0 unspecified atom stereocenters. The van der Waals surface area contributed by atoms with Crippen LogP contribution in [0.25, 0.3) is 0 Å². The van der Waals surface area contributed by atoms with Gasteiger partial charge in [0.1, 0.15) is 5.82 Å². The zero-order valence-corrected chi connectivity index (χ0v) is 9.77. The molecule has 3 N–H and O–H groups in total. The van der Waals surface area contributed by atoms with Gasteiger partial charge in [-0.25, -0.2) is 0 Å². The van der Waals surface area contributed by atoms with Gasteiger partial charge < -0.3 is 5.73 Å². The Balaban J connectivity index is 2.11. The molecule has 15 heavy (non-hydrogen) atoms. The van der Waals surface area contributed by atoms with Gasteiger partial charge in [0.2, 0.25) is 0 Å². The summed E-state index contributed by atoms with van der Waals surface area (Å²) in [6.07, 6.45) is 4.38. The van der Waals surface area contributed by atoms with E-state index in [1.165, 1.54) is 6.42 Å². The van der Waals surface area contributed by atoms with Gasteiger partial charge in [-0.1, -0.05) is 13.3 Å². The molecule has 1 aliphatic carbocycles. The first-order valence-corrected chi connectivity index (χ1v) is 6.16. The topological polar surface area (TPSA) is 71.8 Å². The number of nitrogens with one attached hydrogen (secondary N) is 1. The van der Waals surface area contributed by atoms with Gasteiger partial charge in [-0.2, -0.15) is 4.37 Å². The third kappa shape index (κ3) is 2.29. The van der Waals surface area contributed by atoms with Crippen LogP contribution in [0.4, 0.5) is 0 Å². The largest absolute Gasteiger partial charge is 0.330 e. The van der Waals surface area contributed by atoms with E-state index in [9.17, 15) is 4.79 Å². The Bertz CT molecular complexity index is 386. The van der Waals surface area contributed by atoms with Gasteiger partial charge in [0.05, 0.1) is 0 Å². The molecular formula is C10H17N3OS. The molecule has 4 nitrogen and oxygen atoms in total. The van der Waals surface area contributed by atoms with Crippen LogP contribution in [0.5, 0.6) is 0 Å². The minimum absolute atomic E-state index is 0.0665. The fourth-order valence-electron chi connectivity index (χ4n) is 2.61. The van der Waals surface area contributed by atoms with Gasteiger partial charge in [-0.3, -0.25) is 9.78 Å². The summed E-state index contributed by atoms with van der Waals surface area (Å²) in [6, 6.07) is 0. The lowest BCUT2D eigenvalue weighted by Gasteiger charge is -2.26. The Morgan fingerprint density at radius 3 is 3.00 bits per heavy atom. The van der Waals surface area contributed by atoms with Crippen LogP contribution < -0.4 is 10.6 Å². The second kappa shape index (κ2) is 4.06. The lowest BCUT2D eigenvalue weighted by atomic mass is 9.82. The summed E-state index contributed by atoms with van der Waals surface area (Å²) >= 11 is 0.996. The van der Waals surface area contributed by atoms with E-state index in [0.29, 0.717) is 6.54 Å². The van der Waals surface area contributed by atoms with Crippen molar-refractivity contribution < 1.29 is 0 Å². The normalized spacial score (nSPS) is 30.9. The smallest absolute Gasteiger partial charge is 0.323 e. The van der Waals surface area contributed by atoms with Gasteiger partial charge in [0.15, 0.2) is 0 Å². The molecule has 1 aromatic heterocycles. The maximum absolute atomic E-state index is 11.0. The number of nitrogens with two attached hydrogens (primary N) is 1. The molecule has 5 heteroatoms. The van der Waals surface area contributed by atoms with Crippen molar-refractivity contribution >= 4 is 11.5 Å². The molecule has 2 rings (SSSR count). The lowest BCUT2D eigenvalue weighted by molar-refractivity contribution is 0.290. The summed E-state index contributed by atoms with van der Waals surface area (Å²) < 4.78 is 4.12. The maximum atomic E-state index is 11.0. The van der Waals surface area contributed by atoms with Gasteiger partial charge >= 0.3 is 4.87 Å². The fraction of sp³-hybridized carbons (Fsp3) is 0.800. The standard InChI is InChI=1S/C10H17N3OS/c1-7-2-3-10(4-7,6-11)5-8-12-9(14)15-13-8/h7H,2-6,11H2,1H3,(H,12,13,14)/t7-,10+/m0/s1. The van der Waals surface area contributed by atoms with Crippen molar-refractivity contribution in [2.75, 3.05) is 6.54 Å². The lowest BCUT2D eigenvalue weighted by Crippen LogP contribution is -2.30. The van der Waals surface area contributed by atoms with Crippen LogP contribution in [0.15, 0.2) is 4.79 Å². The predicted octanol–water partition coefficient (Wildman–Crippen LogP) is 1.14. The van der Waals surface area contributed by atoms with Crippen LogP contribution in [-0.2, 0) is 6.42 Å². The Morgan fingerprint density at radius 1 is 1.73 bits per heavy atom. The molecule has 1 aliphatic rings. The first-order valence-electron chi connectivity index (χ1n) is 5.38. The van der Waals surface area contributed by atoms with E-state index in [0.717, 1.165) is 42.5 Å². The average molecular weight is 227 g/mol. The third-order valence-electron chi connectivity index (χ3n) is 3.41. The van der Waals surface area contributed by atoms with E-state index in [1.54, 1.807) is 0 Å². The molecule has 0 aliphatic heterocycles. The highest BCUT2D eigenvalue weighted by atomic mass is 32.1. The Morgan fingerprint density at radius 2 is 2.53 bits per heavy atom. The predicted molar refractivity (Wildman–Crippen MR) is 60.9 cm³/mol. The van der Waals surface area contributed by atoms with Crippen LogP contribution in [-0.4, -0.2) is 15.9 Å². The van der Waals surface area contributed by atoms with Crippen molar-refractivity contribution in [2.24, 2.45) is 17.1 Å². The summed E-state index contributed by atoms with van der Waals surface area (Å²) in [6.45, 7) is 2.96. The van der Waals surface area contributed by atoms with Gasteiger partial charge in [0.25, 0.3) is 0 Å². The quantitative estimate of drug-likeness (QED) is 0.813. The van der Waals surface area contributed by atoms with E-state index >= 15 is 0 Å². The van der Waals surface area contributed by atoms with Gasteiger partial charge in [0, 0.05) is 18.0 Å². The Labute approximate surface area is 93.1 Å². The van der Waals surface area contributed by atoms with Crippen molar-refractivity contribution in [3.63, 3.8) is 0 Å². The number of aromatic amines is 1. The van der Waals surface area contributed by atoms with E-state index in [4.69, 9.17) is 5.73 Å². The van der Waals surface area contributed by atoms with E-state index in [2.05, 4.69) is 16.3 Å². The van der Waals surface area contributed by atoms with Crippen molar-refractivity contribution in [2.45, 2.75) is 32.6 Å². The first-order chi connectivity index (χ1) is 7.13. The number of rotatable bonds is 3. The van der Waals surface area contributed by atoms with Crippen molar-refractivity contribution in [1.82, 2.24) is 9.36 Å². The zero-order chi connectivity index (χ0) is 10.9. The molecule has 1 saturated carbocycles. The maximum Gasteiger partial charge on any atom is 0.323 e. The minimum atomic E-state index is -0.0665. The Hall–Kier alpha value is -0.680. The number of aromatic nitrogens is 2. The molecule has 1 heterocycles. The summed E-state index contributed by atoms with van der Waals surface area (Å²) in [5, 5.41) is 0. The van der Waals surface area contributed by atoms with E-state index < -0.39 is 0 Å². The van der Waals surface area contributed by atoms with Crippen LogP contribution in [0.1, 0.15) is 32.0 Å². The van der Waals surface area contributed by atoms with Crippen LogP contribution in [0, 0.1) is 11.3 Å². The molecule has 0 amide bonds. The number of nitrogens with zero attached hydrogens (tertiary/aromatic N) is 1. The first kappa shape index (κ1) is 10.8. The van der Waals surface area contributed by atoms with E-state index in [-0.39, 0.29) is 10.3 Å². The molecule has 0 radical (unpaired) electrons. The van der Waals surface area contributed by atoms with Crippen LogP contribution in [0.2, 0.25) is 0 Å². The monoisotopic (exact) mass is 227 g/mol. The van der Waals surface area contributed by atoms with Crippen LogP contribution in [0.3, 0.4) is 0 Å². The van der Waals surface area contributed by atoms with Crippen molar-refractivity contribution in [1.29, 1.82) is 0 Å². The summed E-state index contributed by atoms with van der Waals surface area (Å²) in [7, 11) is 0. The second-order valence-electron chi connectivity index (χ2n) is 4.77. The van der Waals surface area contributed by atoms with Crippen LogP contribution >= 0.6 is 11.5 Å². The SMILES string of the molecule is C[C@H]1CC[C@](CN)(Cc2nsc(=O)[nH]2)C1. The molecule has 2 atom stereocenters. The molecule has 0 bridgehead atoms. The van der Waals surface area contributed by atoms with Crippen molar-refractivity contribution in [3.05, 3.63) is 15.5 Å². The number of hydrogen-bond donors (Lipinski definition) is 2. The van der Waals surface area contributed by atoms with E-state index in [1.807, 2.05) is 0 Å². The van der Waals surface area contributed by atoms with Gasteiger partial charge in [-0.05, 0) is 30.7 Å². The molecule has 0 saturated heterocycles. The molecule has 1 fully saturated rings. The molecule has 0 spiro atoms. The zero-order valence-electron chi connectivity index (χ0n) is 8.95. The highest BCUT2D eigenvalue weighted by Crippen LogP contribution is 2.42. The molecule has 1 aromatic rings. The number of hydrogen-bond acceptors (Lipinski definition) is 4. The highest BCUT2D eigenvalue weighted by Gasteiger charge is 2.37. The average Bonchev–Trinajstić information content (AvgIpc) is 2.75. The fourth-order valence-corrected chi connectivity index (χ4v) is 3.07. The summed E-state index contributed by atoms with van der Waals surface area (Å²) in [5.41, 5.74) is 6.05. The highest BCUT2D eigenvalue weighted by molar-refractivity contribution is 7.02. The number of H-pyrrole nitrogens is 1. The molecular weight excluding hydrogens is 210 g/mol. The Kier molecular flexibility index (Phi) is 2.93. The summed E-state index contributed by atoms with van der Waals surface area (Å²) in [4.78, 5) is 13.7. The third-order valence-corrected chi connectivity index (χ3v) is 3.99.